The summed E-state index contributed by atoms with van der Waals surface area (Å²) in [4.78, 5) is 11.5. The van der Waals surface area contributed by atoms with Gasteiger partial charge in [0.15, 0.2) is 0 Å². The van der Waals surface area contributed by atoms with Crippen LogP contribution in [0.15, 0.2) is 24.3 Å². The van der Waals surface area contributed by atoms with Crippen LogP contribution in [0.3, 0.4) is 0 Å². The van der Waals surface area contributed by atoms with Crippen LogP contribution in [0.4, 0.5) is 0 Å². The fourth-order valence-electron chi connectivity index (χ4n) is 2.05. The number of benzene rings is 1. The Morgan fingerprint density at radius 3 is 2.62 bits per heavy atom. The lowest BCUT2D eigenvalue weighted by molar-refractivity contribution is -0.145. The van der Waals surface area contributed by atoms with Gasteiger partial charge in [0.2, 0.25) is 0 Å². The number of aliphatic carboxylic acids is 1. The Hall–Kier alpha value is -1.55. The number of para-hydroxylation sites is 1. The number of carboxylic acid groups (broad SMARTS) is 1. The molecule has 1 aromatic carbocycles. The van der Waals surface area contributed by atoms with Gasteiger partial charge in [0.1, 0.15) is 17.9 Å². The molecule has 0 aliphatic rings. The Morgan fingerprint density at radius 1 is 1.38 bits per heavy atom. The third-order valence-electron chi connectivity index (χ3n) is 3.82. The van der Waals surface area contributed by atoms with E-state index in [9.17, 15) is 9.90 Å². The number of ether oxygens (including phenoxy) is 1. The molecule has 0 amide bonds. The molecule has 21 heavy (non-hydrogen) atoms. The van der Waals surface area contributed by atoms with Crippen molar-refractivity contribution in [1.82, 2.24) is 5.32 Å². The van der Waals surface area contributed by atoms with Crippen molar-refractivity contribution in [1.29, 1.82) is 0 Å². The molecule has 0 aliphatic carbocycles. The highest BCUT2D eigenvalue weighted by Crippen LogP contribution is 2.28. The van der Waals surface area contributed by atoms with Gasteiger partial charge in [-0.25, -0.2) is 0 Å². The van der Waals surface area contributed by atoms with Crippen LogP contribution in [0.5, 0.6) is 5.75 Å². The highest BCUT2D eigenvalue weighted by Gasteiger charge is 2.33. The van der Waals surface area contributed by atoms with Gasteiger partial charge in [-0.2, -0.15) is 0 Å². The average Bonchev–Trinajstić information content (AvgIpc) is 2.50. The lowest BCUT2D eigenvalue weighted by atomic mass is 9.97. The molecule has 118 valence electrons. The van der Waals surface area contributed by atoms with Crippen LogP contribution >= 0.6 is 0 Å². The van der Waals surface area contributed by atoms with Gasteiger partial charge >= 0.3 is 5.97 Å². The van der Waals surface area contributed by atoms with Crippen molar-refractivity contribution in [2.75, 3.05) is 13.2 Å². The molecule has 0 fully saturated rings. The molecular formula is C17H27NO3. The second-order valence-electron chi connectivity index (χ2n) is 5.70. The molecule has 0 bridgehead atoms. The summed E-state index contributed by atoms with van der Waals surface area (Å²) in [6.45, 7) is 8.71. The summed E-state index contributed by atoms with van der Waals surface area (Å²) in [5.41, 5.74) is 0.0571. The van der Waals surface area contributed by atoms with E-state index >= 15 is 0 Å². The van der Waals surface area contributed by atoms with Crippen LogP contribution in [0.25, 0.3) is 0 Å². The van der Waals surface area contributed by atoms with Gasteiger partial charge in [-0.3, -0.25) is 10.1 Å². The van der Waals surface area contributed by atoms with E-state index in [1.165, 1.54) is 0 Å². The summed E-state index contributed by atoms with van der Waals surface area (Å²) in [7, 11) is 0. The normalized spacial score (nSPS) is 15.2. The number of carboxylic acids is 1. The number of hydrogen-bond donors (Lipinski definition) is 2. The van der Waals surface area contributed by atoms with Crippen LogP contribution in [-0.2, 0) is 4.79 Å². The predicted molar refractivity (Wildman–Crippen MR) is 85.0 cm³/mol. The molecule has 4 heteroatoms. The maximum atomic E-state index is 11.5. The standard InChI is InChI=1S/C17H27NO3/c1-5-11-18-17(4,16(19)20)12-21-15-10-8-7-9-14(15)13(3)6-2/h7-10,13,18H,5-6,11-12H2,1-4H3,(H,19,20). The molecule has 0 saturated carbocycles. The van der Waals surface area contributed by atoms with Gasteiger partial charge in [-0.1, -0.05) is 39.0 Å². The van der Waals surface area contributed by atoms with Gasteiger partial charge in [0.05, 0.1) is 0 Å². The van der Waals surface area contributed by atoms with E-state index in [2.05, 4.69) is 19.2 Å². The van der Waals surface area contributed by atoms with Gasteiger partial charge < -0.3 is 9.84 Å². The molecule has 0 aromatic heterocycles. The highest BCUT2D eigenvalue weighted by molar-refractivity contribution is 5.78. The zero-order valence-corrected chi connectivity index (χ0v) is 13.5. The second-order valence-corrected chi connectivity index (χ2v) is 5.70. The molecular weight excluding hydrogens is 266 g/mol. The minimum Gasteiger partial charge on any atom is -0.491 e. The molecule has 2 unspecified atom stereocenters. The first-order valence-corrected chi connectivity index (χ1v) is 7.64. The number of hydrogen-bond acceptors (Lipinski definition) is 3. The second kappa shape index (κ2) is 8.03. The Morgan fingerprint density at radius 2 is 2.05 bits per heavy atom. The first kappa shape index (κ1) is 17.5. The summed E-state index contributed by atoms with van der Waals surface area (Å²) >= 11 is 0. The van der Waals surface area contributed by atoms with Crippen molar-refractivity contribution in [2.45, 2.75) is 52.0 Å². The fraction of sp³-hybridized carbons (Fsp3) is 0.588. The molecule has 2 N–H and O–H groups in total. The summed E-state index contributed by atoms with van der Waals surface area (Å²) < 4.78 is 5.84. The van der Waals surface area contributed by atoms with Crippen molar-refractivity contribution in [3.63, 3.8) is 0 Å². The van der Waals surface area contributed by atoms with Gasteiger partial charge in [0.25, 0.3) is 0 Å². The molecule has 0 spiro atoms. The van der Waals surface area contributed by atoms with Crippen LogP contribution in [0.2, 0.25) is 0 Å². The van der Waals surface area contributed by atoms with E-state index in [1.54, 1.807) is 6.92 Å². The van der Waals surface area contributed by atoms with Crippen LogP contribution in [-0.4, -0.2) is 29.8 Å². The minimum atomic E-state index is -1.07. The smallest absolute Gasteiger partial charge is 0.327 e. The van der Waals surface area contributed by atoms with Gasteiger partial charge in [-0.05, 0) is 43.9 Å². The van der Waals surface area contributed by atoms with Crippen LogP contribution in [0, 0.1) is 0 Å². The Kier molecular flexibility index (Phi) is 6.69. The monoisotopic (exact) mass is 293 g/mol. The molecule has 0 saturated heterocycles. The van der Waals surface area contributed by atoms with Crippen molar-refractivity contribution in [3.8, 4) is 5.75 Å². The molecule has 0 heterocycles. The third-order valence-corrected chi connectivity index (χ3v) is 3.82. The molecule has 0 aliphatic heterocycles. The van der Waals surface area contributed by atoms with E-state index < -0.39 is 11.5 Å². The van der Waals surface area contributed by atoms with Crippen LogP contribution < -0.4 is 10.1 Å². The zero-order chi connectivity index (χ0) is 15.9. The molecule has 1 rings (SSSR count). The summed E-state index contributed by atoms with van der Waals surface area (Å²) in [6.07, 6.45) is 1.90. The van der Waals surface area contributed by atoms with Gasteiger partial charge in [-0.15, -0.1) is 0 Å². The molecule has 4 nitrogen and oxygen atoms in total. The third kappa shape index (κ3) is 4.74. The first-order valence-electron chi connectivity index (χ1n) is 7.64. The highest BCUT2D eigenvalue weighted by atomic mass is 16.5. The average molecular weight is 293 g/mol. The van der Waals surface area contributed by atoms with Crippen molar-refractivity contribution >= 4 is 5.97 Å². The van der Waals surface area contributed by atoms with Crippen molar-refractivity contribution in [2.24, 2.45) is 0 Å². The van der Waals surface area contributed by atoms with Crippen molar-refractivity contribution < 1.29 is 14.6 Å². The quantitative estimate of drug-likeness (QED) is 0.732. The number of rotatable bonds is 9. The molecule has 1 aromatic rings. The van der Waals surface area contributed by atoms with Crippen molar-refractivity contribution in [3.05, 3.63) is 29.8 Å². The lowest BCUT2D eigenvalue weighted by Crippen LogP contribution is -2.54. The largest absolute Gasteiger partial charge is 0.491 e. The zero-order valence-electron chi connectivity index (χ0n) is 13.5. The minimum absolute atomic E-state index is 0.107. The number of carbonyl (C=O) groups is 1. The Labute approximate surface area is 127 Å². The maximum Gasteiger partial charge on any atom is 0.327 e. The van der Waals surface area contributed by atoms with E-state index in [4.69, 9.17) is 4.74 Å². The lowest BCUT2D eigenvalue weighted by Gasteiger charge is -2.27. The SMILES string of the molecule is CCCNC(C)(COc1ccccc1C(C)CC)C(=O)O. The van der Waals surface area contributed by atoms with E-state index in [1.807, 2.05) is 31.2 Å². The molecule has 2 atom stereocenters. The predicted octanol–water partition coefficient (Wildman–Crippen LogP) is 3.42. The van der Waals surface area contributed by atoms with E-state index in [-0.39, 0.29) is 6.61 Å². The molecule has 0 radical (unpaired) electrons. The maximum absolute atomic E-state index is 11.5. The Bertz CT molecular complexity index is 461. The van der Waals surface area contributed by atoms with E-state index in [0.717, 1.165) is 24.2 Å². The summed E-state index contributed by atoms with van der Waals surface area (Å²) in [5.74, 6) is 0.274. The van der Waals surface area contributed by atoms with E-state index in [0.29, 0.717) is 12.5 Å². The Balaban J connectivity index is 2.83. The van der Waals surface area contributed by atoms with Gasteiger partial charge in [0, 0.05) is 0 Å². The topological polar surface area (TPSA) is 58.6 Å². The fourth-order valence-corrected chi connectivity index (χ4v) is 2.05. The number of nitrogens with one attached hydrogen (secondary N) is 1. The summed E-state index contributed by atoms with van der Waals surface area (Å²) in [6, 6.07) is 7.85. The first-order chi connectivity index (χ1) is 9.94. The van der Waals surface area contributed by atoms with Crippen LogP contribution in [0.1, 0.15) is 52.0 Å². The summed E-state index contributed by atoms with van der Waals surface area (Å²) in [5, 5.41) is 12.5.